The largest absolute Gasteiger partial charge is 0.389 e. The highest BCUT2D eigenvalue weighted by molar-refractivity contribution is 9.10. The second-order valence-corrected chi connectivity index (χ2v) is 5.63. The Morgan fingerprint density at radius 1 is 1.61 bits per heavy atom. The average Bonchev–Trinajstić information content (AvgIpc) is 2.77. The van der Waals surface area contributed by atoms with Crippen molar-refractivity contribution in [2.45, 2.75) is 19.4 Å². The summed E-state index contributed by atoms with van der Waals surface area (Å²) in [5.74, 6) is -0.336. The number of nitrogens with two attached hydrogens (primary N) is 1. The van der Waals surface area contributed by atoms with Crippen molar-refractivity contribution >= 4 is 27.5 Å². The Morgan fingerprint density at radius 3 is 2.89 bits per heavy atom. The normalized spacial score (nSPS) is 21.1. The summed E-state index contributed by atoms with van der Waals surface area (Å²) < 4.78 is 0.962. The predicted molar refractivity (Wildman–Crippen MR) is 74.3 cm³/mol. The Morgan fingerprint density at radius 2 is 2.33 bits per heavy atom. The topological polar surface area (TPSA) is 66.6 Å². The molecule has 1 fully saturated rings. The molecule has 0 aliphatic carbocycles. The van der Waals surface area contributed by atoms with Gasteiger partial charge in [0.05, 0.1) is 12.0 Å². The highest BCUT2D eigenvalue weighted by atomic mass is 79.9. The Labute approximate surface area is 115 Å². The van der Waals surface area contributed by atoms with Crippen molar-refractivity contribution in [3.05, 3.63) is 28.2 Å². The lowest BCUT2D eigenvalue weighted by Gasteiger charge is -2.23. The number of aliphatic hydroxyl groups is 1. The van der Waals surface area contributed by atoms with Gasteiger partial charge in [0, 0.05) is 28.8 Å². The summed E-state index contributed by atoms with van der Waals surface area (Å²) in [7, 11) is 0. The van der Waals surface area contributed by atoms with Crippen LogP contribution in [0.4, 0.5) is 5.69 Å². The molecule has 1 heterocycles. The van der Waals surface area contributed by atoms with Gasteiger partial charge in [-0.25, -0.2) is 0 Å². The van der Waals surface area contributed by atoms with E-state index >= 15 is 0 Å². The molecule has 1 aliphatic heterocycles. The molecule has 5 heteroatoms. The number of anilines is 1. The zero-order chi connectivity index (χ0) is 13.3. The molecule has 2 unspecified atom stereocenters. The highest BCUT2D eigenvalue weighted by Gasteiger charge is 2.28. The van der Waals surface area contributed by atoms with Gasteiger partial charge in [0.25, 0.3) is 0 Å². The Balaban J connectivity index is 2.28. The maximum absolute atomic E-state index is 11.2. The second kappa shape index (κ2) is 5.28. The Kier molecular flexibility index (Phi) is 3.92. The quantitative estimate of drug-likeness (QED) is 0.894. The minimum atomic E-state index is -0.527. The van der Waals surface area contributed by atoms with Crippen LogP contribution in [-0.4, -0.2) is 24.1 Å². The Hall–Kier alpha value is -1.07. The van der Waals surface area contributed by atoms with Crippen molar-refractivity contribution in [3.8, 4) is 0 Å². The molecule has 0 saturated carbocycles. The van der Waals surface area contributed by atoms with Crippen LogP contribution in [0.15, 0.2) is 22.7 Å². The number of nitrogens with zero attached hydrogens (tertiary/aromatic N) is 1. The minimum Gasteiger partial charge on any atom is -0.389 e. The van der Waals surface area contributed by atoms with Crippen LogP contribution in [-0.2, 0) is 4.79 Å². The summed E-state index contributed by atoms with van der Waals surface area (Å²) in [4.78, 5) is 13.3. The van der Waals surface area contributed by atoms with E-state index in [2.05, 4.69) is 20.8 Å². The smallest absolute Gasteiger partial charge is 0.222 e. The first kappa shape index (κ1) is 13.4. The number of rotatable bonds is 3. The maximum Gasteiger partial charge on any atom is 0.222 e. The number of halogens is 1. The lowest BCUT2D eigenvalue weighted by molar-refractivity contribution is -0.121. The van der Waals surface area contributed by atoms with E-state index in [9.17, 15) is 9.90 Å². The van der Waals surface area contributed by atoms with Crippen LogP contribution in [0, 0.1) is 5.92 Å². The van der Waals surface area contributed by atoms with E-state index < -0.39 is 6.10 Å². The summed E-state index contributed by atoms with van der Waals surface area (Å²) in [6.45, 7) is 3.17. The molecule has 1 aliphatic rings. The van der Waals surface area contributed by atoms with Crippen LogP contribution in [0.1, 0.15) is 25.0 Å². The van der Waals surface area contributed by atoms with E-state index in [1.165, 1.54) is 0 Å². The van der Waals surface area contributed by atoms with Crippen LogP contribution in [0.3, 0.4) is 0 Å². The van der Waals surface area contributed by atoms with Crippen LogP contribution in [0.2, 0.25) is 0 Å². The van der Waals surface area contributed by atoms with Crippen molar-refractivity contribution in [1.29, 1.82) is 0 Å². The molecular weight excluding hydrogens is 296 g/mol. The molecule has 98 valence electrons. The fraction of sp³-hybridized carbons (Fsp3) is 0.462. The number of carbonyl (C=O) groups is 1. The molecule has 0 aromatic heterocycles. The zero-order valence-electron chi connectivity index (χ0n) is 10.3. The summed E-state index contributed by atoms with van der Waals surface area (Å²) in [5.41, 5.74) is 7.19. The molecule has 18 heavy (non-hydrogen) atoms. The van der Waals surface area contributed by atoms with E-state index in [4.69, 9.17) is 5.73 Å². The minimum absolute atomic E-state index is 0.0918. The second-order valence-electron chi connectivity index (χ2n) is 4.71. The van der Waals surface area contributed by atoms with Gasteiger partial charge in [-0.1, -0.05) is 22.0 Å². The van der Waals surface area contributed by atoms with Gasteiger partial charge in [-0.3, -0.25) is 4.79 Å². The lowest BCUT2D eigenvalue weighted by atomic mass is 10.1. The molecule has 3 N–H and O–H groups in total. The highest BCUT2D eigenvalue weighted by Crippen LogP contribution is 2.33. The average molecular weight is 313 g/mol. The molecule has 1 amide bonds. The van der Waals surface area contributed by atoms with Gasteiger partial charge in [-0.2, -0.15) is 0 Å². The number of hydrogen-bond donors (Lipinski definition) is 2. The van der Waals surface area contributed by atoms with Gasteiger partial charge in [0.1, 0.15) is 0 Å². The standard InChI is InChI=1S/C13H17BrN2O2/c1-8(17)11-3-2-10(14)6-12(11)16-5-4-9(7-16)13(15)18/h2-3,6,8-9,17H,4-5,7H2,1H3,(H2,15,18). The van der Waals surface area contributed by atoms with Crippen molar-refractivity contribution in [2.24, 2.45) is 11.7 Å². The fourth-order valence-corrected chi connectivity index (χ4v) is 2.70. The van der Waals surface area contributed by atoms with Crippen molar-refractivity contribution in [1.82, 2.24) is 0 Å². The van der Waals surface area contributed by atoms with E-state index in [0.29, 0.717) is 6.54 Å². The molecule has 0 spiro atoms. The summed E-state index contributed by atoms with van der Waals surface area (Å²) in [6, 6.07) is 5.79. The molecule has 2 rings (SSSR count). The lowest BCUT2D eigenvalue weighted by Crippen LogP contribution is -2.27. The molecular formula is C13H17BrN2O2. The first-order valence-electron chi connectivity index (χ1n) is 6.01. The van der Waals surface area contributed by atoms with Crippen LogP contribution < -0.4 is 10.6 Å². The third-order valence-corrected chi connectivity index (χ3v) is 3.87. The fourth-order valence-electron chi connectivity index (χ4n) is 2.36. The number of aliphatic hydroxyl groups excluding tert-OH is 1. The molecule has 0 bridgehead atoms. The van der Waals surface area contributed by atoms with Gasteiger partial charge >= 0.3 is 0 Å². The number of benzene rings is 1. The monoisotopic (exact) mass is 312 g/mol. The number of carbonyl (C=O) groups excluding carboxylic acids is 1. The van der Waals surface area contributed by atoms with Crippen molar-refractivity contribution < 1.29 is 9.90 Å². The summed E-state index contributed by atoms with van der Waals surface area (Å²) in [6.07, 6.45) is 0.252. The van der Waals surface area contributed by atoms with Crippen molar-refractivity contribution in [2.75, 3.05) is 18.0 Å². The predicted octanol–water partition coefficient (Wildman–Crippen LogP) is 1.81. The molecule has 1 saturated heterocycles. The van der Waals surface area contributed by atoms with Gasteiger partial charge in [0.2, 0.25) is 5.91 Å². The number of hydrogen-bond acceptors (Lipinski definition) is 3. The molecule has 4 nitrogen and oxygen atoms in total. The van der Waals surface area contributed by atoms with Gasteiger partial charge in [-0.15, -0.1) is 0 Å². The number of primary amides is 1. The van der Waals surface area contributed by atoms with Gasteiger partial charge in [0.15, 0.2) is 0 Å². The van der Waals surface area contributed by atoms with E-state index in [0.717, 1.165) is 28.7 Å². The molecule has 1 aromatic carbocycles. The van der Waals surface area contributed by atoms with Crippen LogP contribution in [0.25, 0.3) is 0 Å². The van der Waals surface area contributed by atoms with Crippen LogP contribution >= 0.6 is 15.9 Å². The SMILES string of the molecule is CC(O)c1ccc(Br)cc1N1CCC(C(N)=O)C1. The first-order valence-corrected chi connectivity index (χ1v) is 6.80. The van der Waals surface area contributed by atoms with E-state index in [1.54, 1.807) is 6.92 Å². The summed E-state index contributed by atoms with van der Waals surface area (Å²) in [5, 5.41) is 9.80. The third kappa shape index (κ3) is 2.67. The third-order valence-electron chi connectivity index (χ3n) is 3.37. The summed E-state index contributed by atoms with van der Waals surface area (Å²) >= 11 is 3.44. The maximum atomic E-state index is 11.2. The molecule has 2 atom stereocenters. The van der Waals surface area contributed by atoms with Gasteiger partial charge in [-0.05, 0) is 25.5 Å². The van der Waals surface area contributed by atoms with Crippen molar-refractivity contribution in [3.63, 3.8) is 0 Å². The van der Waals surface area contributed by atoms with Crippen LogP contribution in [0.5, 0.6) is 0 Å². The van der Waals surface area contributed by atoms with Gasteiger partial charge < -0.3 is 15.7 Å². The van der Waals surface area contributed by atoms with E-state index in [1.807, 2.05) is 18.2 Å². The molecule has 0 radical (unpaired) electrons. The molecule has 1 aromatic rings. The number of amides is 1. The first-order chi connectivity index (χ1) is 8.49. The Bertz CT molecular complexity index is 462. The zero-order valence-corrected chi connectivity index (χ0v) is 11.9. The van der Waals surface area contributed by atoms with E-state index in [-0.39, 0.29) is 11.8 Å².